The fraction of sp³-hybridized carbons (Fsp3) is 0.0741. The number of hydrogen-bond donors (Lipinski definition) is 1. The van der Waals surface area contributed by atoms with E-state index >= 15 is 0 Å². The molecule has 3 aromatic carbocycles. The Labute approximate surface area is 226 Å². The Kier molecular flexibility index (Phi) is 6.66. The first kappa shape index (κ1) is 24.6. The molecule has 9 heteroatoms. The summed E-state index contributed by atoms with van der Waals surface area (Å²) in [5, 5.41) is 11.3. The molecule has 1 aliphatic rings. The summed E-state index contributed by atoms with van der Waals surface area (Å²) >= 11 is 19.0. The number of carboxylic acid groups (broad SMARTS) is 1. The number of nitrogens with zero attached hydrogens (tertiary/aromatic N) is 2. The molecule has 4 aromatic rings. The molecule has 36 heavy (non-hydrogen) atoms. The van der Waals surface area contributed by atoms with E-state index in [4.69, 9.17) is 35.4 Å². The number of thioether (sulfide) groups is 1. The number of carbonyl (C=O) groups is 2. The molecule has 0 atom stereocenters. The zero-order valence-electron chi connectivity index (χ0n) is 18.9. The molecule has 0 saturated carbocycles. The summed E-state index contributed by atoms with van der Waals surface area (Å²) in [6.07, 6.45) is 1.86. The van der Waals surface area contributed by atoms with E-state index in [0.717, 1.165) is 27.7 Å². The van der Waals surface area contributed by atoms with Crippen molar-refractivity contribution in [3.8, 4) is 0 Å². The number of para-hydroxylation sites is 1. The zero-order chi connectivity index (χ0) is 25.6. The number of fused-ring (bicyclic) bond motifs is 1. The lowest BCUT2D eigenvalue weighted by atomic mass is 10.1. The molecule has 1 amide bonds. The number of halogens is 2. The van der Waals surface area contributed by atoms with Crippen LogP contribution >= 0.6 is 47.2 Å². The highest BCUT2D eigenvalue weighted by Gasteiger charge is 2.34. The number of aromatic nitrogens is 1. The van der Waals surface area contributed by atoms with Crippen molar-refractivity contribution in [1.82, 2.24) is 4.57 Å². The molecule has 0 unspecified atom stereocenters. The standard InChI is InChI=1S/C27H18Cl2N2O3S2/c1-15-20(13-24-25(32)31(27(35)36-24)18-6-4-5-17(12-18)26(33)34)19-7-2-3-8-23(19)30(15)14-16-9-10-21(28)22(29)11-16/h2-13H,14H2,1H3,(H,33,34). The Balaban J connectivity index is 1.55. The Hall–Kier alpha value is -3.10. The third kappa shape index (κ3) is 4.44. The molecule has 1 aliphatic heterocycles. The second kappa shape index (κ2) is 9.75. The van der Waals surface area contributed by atoms with E-state index in [2.05, 4.69) is 4.57 Å². The molecule has 0 aliphatic carbocycles. The van der Waals surface area contributed by atoms with Crippen LogP contribution in [-0.4, -0.2) is 25.9 Å². The normalized spacial score (nSPS) is 14.9. The maximum atomic E-state index is 13.4. The number of amides is 1. The van der Waals surface area contributed by atoms with Crippen LogP contribution in [0, 0.1) is 6.92 Å². The van der Waals surface area contributed by atoms with Crippen molar-refractivity contribution in [1.29, 1.82) is 0 Å². The lowest BCUT2D eigenvalue weighted by Gasteiger charge is -2.14. The van der Waals surface area contributed by atoms with E-state index < -0.39 is 5.97 Å². The van der Waals surface area contributed by atoms with Gasteiger partial charge < -0.3 is 9.67 Å². The minimum atomic E-state index is -1.07. The van der Waals surface area contributed by atoms with Gasteiger partial charge >= 0.3 is 5.97 Å². The first-order valence-corrected chi connectivity index (χ1v) is 12.9. The van der Waals surface area contributed by atoms with Crippen molar-refractivity contribution >= 4 is 86.0 Å². The van der Waals surface area contributed by atoms with Crippen LogP contribution in [0.2, 0.25) is 10.0 Å². The predicted octanol–water partition coefficient (Wildman–Crippen LogP) is 7.41. The van der Waals surface area contributed by atoms with Crippen LogP contribution in [0.4, 0.5) is 5.69 Å². The number of anilines is 1. The summed E-state index contributed by atoms with van der Waals surface area (Å²) in [6, 6.07) is 19.8. The van der Waals surface area contributed by atoms with Gasteiger partial charge in [-0.2, -0.15) is 0 Å². The van der Waals surface area contributed by atoms with Crippen molar-refractivity contribution < 1.29 is 14.7 Å². The van der Waals surface area contributed by atoms with Crippen LogP contribution < -0.4 is 4.90 Å². The SMILES string of the molecule is Cc1c(C=C2SC(=S)N(c3cccc(C(=O)O)c3)C2=O)c2ccccc2n1Cc1ccc(Cl)c(Cl)c1. The molecular formula is C27H18Cl2N2O3S2. The lowest BCUT2D eigenvalue weighted by Crippen LogP contribution is -2.27. The molecule has 1 saturated heterocycles. The van der Waals surface area contributed by atoms with Gasteiger partial charge in [-0.1, -0.05) is 77.5 Å². The molecule has 180 valence electrons. The third-order valence-corrected chi connectivity index (χ3v) is 8.07. The summed E-state index contributed by atoms with van der Waals surface area (Å²) < 4.78 is 2.53. The largest absolute Gasteiger partial charge is 0.478 e. The minimum Gasteiger partial charge on any atom is -0.478 e. The monoisotopic (exact) mass is 552 g/mol. The number of hydrogen-bond acceptors (Lipinski definition) is 4. The molecule has 0 spiro atoms. The van der Waals surface area contributed by atoms with Crippen molar-refractivity contribution in [2.75, 3.05) is 4.90 Å². The number of carboxylic acids is 1. The van der Waals surface area contributed by atoms with Gasteiger partial charge in [0.2, 0.25) is 0 Å². The van der Waals surface area contributed by atoms with Crippen LogP contribution in [0.3, 0.4) is 0 Å². The Morgan fingerprint density at radius 1 is 1.06 bits per heavy atom. The van der Waals surface area contributed by atoms with Crippen LogP contribution in [0.25, 0.3) is 17.0 Å². The summed E-state index contributed by atoms with van der Waals surface area (Å²) in [5.74, 6) is -1.35. The Bertz CT molecular complexity index is 1610. The minimum absolute atomic E-state index is 0.0896. The molecule has 0 bridgehead atoms. The van der Waals surface area contributed by atoms with Gasteiger partial charge in [0.1, 0.15) is 0 Å². The maximum Gasteiger partial charge on any atom is 0.335 e. The Morgan fingerprint density at radius 3 is 2.58 bits per heavy atom. The van der Waals surface area contributed by atoms with E-state index in [9.17, 15) is 14.7 Å². The molecular weight excluding hydrogens is 535 g/mol. The first-order valence-electron chi connectivity index (χ1n) is 10.9. The number of rotatable bonds is 5. The molecule has 0 radical (unpaired) electrons. The fourth-order valence-electron chi connectivity index (χ4n) is 4.26. The zero-order valence-corrected chi connectivity index (χ0v) is 22.0. The number of aromatic carboxylic acids is 1. The Morgan fingerprint density at radius 2 is 1.83 bits per heavy atom. The van der Waals surface area contributed by atoms with Crippen LogP contribution in [0.15, 0.2) is 71.6 Å². The van der Waals surface area contributed by atoms with Gasteiger partial charge in [0.15, 0.2) is 4.32 Å². The quantitative estimate of drug-likeness (QED) is 0.206. The molecule has 1 aromatic heterocycles. The van der Waals surface area contributed by atoms with E-state index in [1.54, 1.807) is 18.2 Å². The molecule has 1 fully saturated rings. The van der Waals surface area contributed by atoms with Gasteiger partial charge in [-0.3, -0.25) is 9.69 Å². The number of benzene rings is 3. The van der Waals surface area contributed by atoms with Gasteiger partial charge in [0, 0.05) is 28.7 Å². The average Bonchev–Trinajstić information content (AvgIpc) is 3.29. The molecule has 5 rings (SSSR count). The van der Waals surface area contributed by atoms with Gasteiger partial charge in [0.25, 0.3) is 5.91 Å². The van der Waals surface area contributed by atoms with Gasteiger partial charge in [0.05, 0.1) is 26.2 Å². The summed E-state index contributed by atoms with van der Waals surface area (Å²) in [6.45, 7) is 2.60. The molecule has 1 N–H and O–H groups in total. The highest BCUT2D eigenvalue weighted by Crippen LogP contribution is 2.38. The fourth-order valence-corrected chi connectivity index (χ4v) is 5.87. The van der Waals surface area contributed by atoms with E-state index in [0.29, 0.717) is 31.5 Å². The summed E-state index contributed by atoms with van der Waals surface area (Å²) in [7, 11) is 0. The topological polar surface area (TPSA) is 62.5 Å². The lowest BCUT2D eigenvalue weighted by molar-refractivity contribution is -0.113. The second-order valence-electron chi connectivity index (χ2n) is 8.22. The van der Waals surface area contributed by atoms with Gasteiger partial charge in [-0.25, -0.2) is 4.79 Å². The van der Waals surface area contributed by atoms with Crippen molar-refractivity contribution in [3.63, 3.8) is 0 Å². The predicted molar refractivity (Wildman–Crippen MR) is 151 cm³/mol. The average molecular weight is 553 g/mol. The first-order chi connectivity index (χ1) is 17.2. The van der Waals surface area contributed by atoms with Crippen molar-refractivity contribution in [3.05, 3.63) is 104 Å². The van der Waals surface area contributed by atoms with Crippen molar-refractivity contribution in [2.45, 2.75) is 13.5 Å². The van der Waals surface area contributed by atoms with Crippen molar-refractivity contribution in [2.24, 2.45) is 0 Å². The van der Waals surface area contributed by atoms with Crippen LogP contribution in [0.5, 0.6) is 0 Å². The second-order valence-corrected chi connectivity index (χ2v) is 10.7. The maximum absolute atomic E-state index is 13.4. The van der Waals surface area contributed by atoms with Crippen LogP contribution in [0.1, 0.15) is 27.2 Å². The number of carbonyl (C=O) groups excluding carboxylic acids is 1. The van der Waals surface area contributed by atoms with Gasteiger partial charge in [-0.15, -0.1) is 0 Å². The summed E-state index contributed by atoms with van der Waals surface area (Å²) in [5.41, 5.74) is 4.46. The molecule has 2 heterocycles. The highest BCUT2D eigenvalue weighted by atomic mass is 35.5. The molecule has 5 nitrogen and oxygen atoms in total. The van der Waals surface area contributed by atoms with E-state index in [1.807, 2.05) is 49.4 Å². The van der Waals surface area contributed by atoms with Gasteiger partial charge in [-0.05, 0) is 55.0 Å². The third-order valence-electron chi connectivity index (χ3n) is 6.02. The highest BCUT2D eigenvalue weighted by molar-refractivity contribution is 8.27. The van der Waals surface area contributed by atoms with E-state index in [1.165, 1.54) is 28.8 Å². The smallest absolute Gasteiger partial charge is 0.335 e. The summed E-state index contributed by atoms with van der Waals surface area (Å²) in [4.78, 5) is 26.6. The van der Waals surface area contributed by atoms with Crippen LogP contribution in [-0.2, 0) is 11.3 Å². The number of thiocarbonyl (C=S) groups is 1. The van der Waals surface area contributed by atoms with E-state index in [-0.39, 0.29) is 11.5 Å².